The maximum absolute atomic E-state index is 12.6. The lowest BCUT2D eigenvalue weighted by molar-refractivity contribution is -0.119. The van der Waals surface area contributed by atoms with Crippen LogP contribution in [0.15, 0.2) is 83.8 Å². The van der Waals surface area contributed by atoms with Crippen LogP contribution in [0.5, 0.6) is 0 Å². The Morgan fingerprint density at radius 1 is 0.886 bits per heavy atom. The Hall–Kier alpha value is -3.69. The van der Waals surface area contributed by atoms with Crippen LogP contribution in [-0.4, -0.2) is 40.0 Å². The van der Waals surface area contributed by atoms with Crippen molar-refractivity contribution in [3.8, 4) is 0 Å². The first-order valence-electron chi connectivity index (χ1n) is 11.4. The number of carbonyl (C=O) groups excluding carboxylic acids is 2. The number of amides is 1. The molecule has 3 aromatic rings. The van der Waals surface area contributed by atoms with E-state index in [-0.39, 0.29) is 17.0 Å². The van der Waals surface area contributed by atoms with Crippen molar-refractivity contribution in [1.29, 1.82) is 0 Å². The van der Waals surface area contributed by atoms with Crippen LogP contribution in [0.3, 0.4) is 0 Å². The largest absolute Gasteiger partial charge is 0.452 e. The van der Waals surface area contributed by atoms with E-state index in [1.165, 1.54) is 37.1 Å². The molecule has 3 aromatic carbocycles. The molecule has 0 saturated carbocycles. The molecule has 1 saturated heterocycles. The Morgan fingerprint density at radius 3 is 2.31 bits per heavy atom. The lowest BCUT2D eigenvalue weighted by atomic mass is 10.2. The Bertz CT molecular complexity index is 1270. The van der Waals surface area contributed by atoms with Gasteiger partial charge in [0.15, 0.2) is 6.61 Å². The van der Waals surface area contributed by atoms with Crippen LogP contribution in [0.25, 0.3) is 0 Å². The molecule has 8 nitrogen and oxygen atoms in total. The summed E-state index contributed by atoms with van der Waals surface area (Å²) >= 11 is 0. The van der Waals surface area contributed by atoms with Gasteiger partial charge in [-0.2, -0.15) is 0 Å². The number of esters is 1. The first-order chi connectivity index (χ1) is 16.9. The van der Waals surface area contributed by atoms with E-state index in [4.69, 9.17) is 4.74 Å². The molecule has 0 radical (unpaired) electrons. The SMILES string of the molecule is O=C(COC(=O)c1cccc(S(=O)(=O)NCc2ccccc2)c1)Nc1ccc(N2CCCC2)cc1. The highest BCUT2D eigenvalue weighted by molar-refractivity contribution is 7.89. The molecule has 1 amide bonds. The lowest BCUT2D eigenvalue weighted by Crippen LogP contribution is -2.24. The van der Waals surface area contributed by atoms with Crippen LogP contribution in [0.1, 0.15) is 28.8 Å². The highest BCUT2D eigenvalue weighted by Gasteiger charge is 2.18. The van der Waals surface area contributed by atoms with Crippen molar-refractivity contribution in [3.05, 3.63) is 90.0 Å². The molecule has 1 fully saturated rings. The van der Waals surface area contributed by atoms with Crippen LogP contribution in [0.4, 0.5) is 11.4 Å². The van der Waals surface area contributed by atoms with Crippen LogP contribution < -0.4 is 14.9 Å². The number of ether oxygens (including phenoxy) is 1. The first kappa shape index (κ1) is 24.4. The fraction of sp³-hybridized carbons (Fsp3) is 0.231. The topological polar surface area (TPSA) is 105 Å². The van der Waals surface area contributed by atoms with Crippen molar-refractivity contribution in [2.24, 2.45) is 0 Å². The van der Waals surface area contributed by atoms with Gasteiger partial charge in [0.25, 0.3) is 5.91 Å². The molecule has 0 aliphatic carbocycles. The second kappa shape index (κ2) is 11.2. The van der Waals surface area contributed by atoms with E-state index in [1.807, 2.05) is 54.6 Å². The number of carbonyl (C=O) groups is 2. The third kappa shape index (κ3) is 6.68. The number of benzene rings is 3. The van der Waals surface area contributed by atoms with Gasteiger partial charge in [-0.3, -0.25) is 4.79 Å². The van der Waals surface area contributed by atoms with Gasteiger partial charge in [-0.15, -0.1) is 0 Å². The molecule has 1 aliphatic heterocycles. The monoisotopic (exact) mass is 493 g/mol. The van der Waals surface area contributed by atoms with E-state index < -0.39 is 28.5 Å². The summed E-state index contributed by atoms with van der Waals surface area (Å²) in [6, 6.07) is 22.1. The molecule has 9 heteroatoms. The number of rotatable bonds is 9. The molecule has 0 unspecified atom stereocenters. The van der Waals surface area contributed by atoms with E-state index in [0.717, 1.165) is 24.3 Å². The summed E-state index contributed by atoms with van der Waals surface area (Å²) in [5.41, 5.74) is 2.56. The van der Waals surface area contributed by atoms with Crippen LogP contribution in [-0.2, 0) is 26.1 Å². The number of anilines is 2. The molecular weight excluding hydrogens is 466 g/mol. The predicted molar refractivity (Wildman–Crippen MR) is 134 cm³/mol. The van der Waals surface area contributed by atoms with Gasteiger partial charge in [0.05, 0.1) is 10.5 Å². The fourth-order valence-electron chi connectivity index (χ4n) is 3.79. The highest BCUT2D eigenvalue weighted by Crippen LogP contribution is 2.22. The zero-order valence-corrected chi connectivity index (χ0v) is 20.0. The number of hydrogen-bond acceptors (Lipinski definition) is 6. The summed E-state index contributed by atoms with van der Waals surface area (Å²) in [7, 11) is -3.84. The Morgan fingerprint density at radius 2 is 1.60 bits per heavy atom. The minimum absolute atomic E-state index is 0.0374. The predicted octanol–water partition coefficient (Wildman–Crippen LogP) is 3.56. The average molecular weight is 494 g/mol. The van der Waals surface area contributed by atoms with Crippen molar-refractivity contribution in [2.75, 3.05) is 29.9 Å². The summed E-state index contributed by atoms with van der Waals surface area (Å²) in [4.78, 5) is 26.9. The first-order valence-corrected chi connectivity index (χ1v) is 12.8. The standard InChI is InChI=1S/C26H27N3O5S/c30-25(28-22-11-13-23(14-12-22)29-15-4-5-16-29)19-34-26(31)21-9-6-10-24(17-21)35(32,33)27-18-20-7-2-1-3-8-20/h1-3,6-14,17,27H,4-5,15-16,18-19H2,(H,28,30). The number of sulfonamides is 1. The maximum atomic E-state index is 12.6. The lowest BCUT2D eigenvalue weighted by Gasteiger charge is -2.17. The van der Waals surface area contributed by atoms with E-state index in [1.54, 1.807) is 0 Å². The zero-order valence-electron chi connectivity index (χ0n) is 19.1. The minimum Gasteiger partial charge on any atom is -0.452 e. The maximum Gasteiger partial charge on any atom is 0.338 e. The summed E-state index contributed by atoms with van der Waals surface area (Å²) in [5, 5.41) is 2.69. The van der Waals surface area contributed by atoms with Gasteiger partial charge in [0.2, 0.25) is 10.0 Å². The van der Waals surface area contributed by atoms with Crippen LogP contribution >= 0.6 is 0 Å². The van der Waals surface area contributed by atoms with Crippen molar-refractivity contribution in [2.45, 2.75) is 24.3 Å². The van der Waals surface area contributed by atoms with Crippen molar-refractivity contribution in [1.82, 2.24) is 4.72 Å². The molecule has 0 spiro atoms. The molecular formula is C26H27N3O5S. The van der Waals surface area contributed by atoms with Gasteiger partial charge in [-0.05, 0) is 60.9 Å². The number of nitrogens with one attached hydrogen (secondary N) is 2. The zero-order chi connectivity index (χ0) is 24.7. The van der Waals surface area contributed by atoms with E-state index in [0.29, 0.717) is 5.69 Å². The third-order valence-corrected chi connectivity index (χ3v) is 7.04. The molecule has 2 N–H and O–H groups in total. The molecule has 35 heavy (non-hydrogen) atoms. The van der Waals surface area contributed by atoms with Crippen LogP contribution in [0, 0.1) is 0 Å². The van der Waals surface area contributed by atoms with Crippen LogP contribution in [0.2, 0.25) is 0 Å². The van der Waals surface area contributed by atoms with Gasteiger partial charge >= 0.3 is 5.97 Å². The Labute approximate surface area is 205 Å². The highest BCUT2D eigenvalue weighted by atomic mass is 32.2. The van der Waals surface area contributed by atoms with E-state index in [2.05, 4.69) is 14.9 Å². The fourth-order valence-corrected chi connectivity index (χ4v) is 4.85. The molecule has 4 rings (SSSR count). The molecule has 1 aliphatic rings. The smallest absolute Gasteiger partial charge is 0.338 e. The van der Waals surface area contributed by atoms with Crippen molar-refractivity contribution in [3.63, 3.8) is 0 Å². The quantitative estimate of drug-likeness (QED) is 0.442. The summed E-state index contributed by atoms with van der Waals surface area (Å²) in [6.07, 6.45) is 2.37. The summed E-state index contributed by atoms with van der Waals surface area (Å²) in [5.74, 6) is -1.27. The minimum atomic E-state index is -3.84. The van der Waals surface area contributed by atoms with E-state index >= 15 is 0 Å². The van der Waals surface area contributed by atoms with E-state index in [9.17, 15) is 18.0 Å². The molecule has 182 valence electrons. The molecule has 0 atom stereocenters. The van der Waals surface area contributed by atoms with Gasteiger partial charge in [0, 0.05) is 31.0 Å². The third-order valence-electron chi connectivity index (χ3n) is 5.65. The Kier molecular flexibility index (Phi) is 7.79. The van der Waals surface area contributed by atoms with Crippen molar-refractivity contribution < 1.29 is 22.7 Å². The second-order valence-electron chi connectivity index (χ2n) is 8.20. The number of nitrogens with zero attached hydrogens (tertiary/aromatic N) is 1. The Balaban J connectivity index is 1.30. The molecule has 0 bridgehead atoms. The second-order valence-corrected chi connectivity index (χ2v) is 9.97. The van der Waals surface area contributed by atoms with Gasteiger partial charge < -0.3 is 15.0 Å². The van der Waals surface area contributed by atoms with Crippen molar-refractivity contribution >= 4 is 33.3 Å². The number of hydrogen-bond donors (Lipinski definition) is 2. The molecule has 1 heterocycles. The summed E-state index contributed by atoms with van der Waals surface area (Å²) in [6.45, 7) is 1.70. The van der Waals surface area contributed by atoms with Gasteiger partial charge in [-0.1, -0.05) is 36.4 Å². The summed E-state index contributed by atoms with van der Waals surface area (Å²) < 4.78 is 32.9. The van der Waals surface area contributed by atoms with Gasteiger partial charge in [-0.25, -0.2) is 17.9 Å². The molecule has 0 aromatic heterocycles. The normalized spacial score (nSPS) is 13.4. The van der Waals surface area contributed by atoms with Gasteiger partial charge in [0.1, 0.15) is 0 Å². The average Bonchev–Trinajstić information content (AvgIpc) is 3.42.